The predicted octanol–water partition coefficient (Wildman–Crippen LogP) is 4.52. The van der Waals surface area contributed by atoms with Crippen molar-refractivity contribution in [1.82, 2.24) is 5.32 Å². The van der Waals surface area contributed by atoms with Crippen molar-refractivity contribution in [2.75, 3.05) is 10.6 Å². The summed E-state index contributed by atoms with van der Waals surface area (Å²) in [6.45, 7) is 3.37. The van der Waals surface area contributed by atoms with Crippen LogP contribution in [-0.2, 0) is 14.4 Å². The van der Waals surface area contributed by atoms with Crippen molar-refractivity contribution in [1.29, 1.82) is 0 Å². The second kappa shape index (κ2) is 9.75. The topological polar surface area (TPSA) is 92.5 Å². The molecule has 172 valence electrons. The van der Waals surface area contributed by atoms with E-state index in [1.807, 2.05) is 60.7 Å². The third kappa shape index (κ3) is 4.48. The first-order valence-electron chi connectivity index (χ1n) is 11.2. The van der Waals surface area contributed by atoms with Crippen molar-refractivity contribution in [2.45, 2.75) is 32.2 Å². The standard InChI is InChI=1S/C28H27N3O3/c1-18-21-13-6-7-14-22(21)26-23(29)15-9-16-24(26)31(27(18)33)28(34)19(2)30-25(32)17-8-12-20-10-4-3-5-11-20/h3-16,18-19H,17,29H2,1-2H3,(H,30,32)/b12-8+/t18?,19-/m0/s1. The SMILES string of the molecule is CC1C(=O)N(C(=O)[C@H](C)NC(=O)C/C=C/c2ccccc2)c2cccc(N)c2-c2ccccc21. The Hall–Kier alpha value is -4.19. The van der Waals surface area contributed by atoms with Gasteiger partial charge in [-0.15, -0.1) is 0 Å². The average molecular weight is 454 g/mol. The summed E-state index contributed by atoms with van der Waals surface area (Å²) in [6.07, 6.45) is 3.71. The molecule has 3 N–H and O–H groups in total. The first-order chi connectivity index (χ1) is 16.4. The van der Waals surface area contributed by atoms with Crippen molar-refractivity contribution in [3.8, 4) is 11.1 Å². The molecule has 0 saturated heterocycles. The summed E-state index contributed by atoms with van der Waals surface area (Å²) in [5.74, 6) is -1.72. The van der Waals surface area contributed by atoms with E-state index in [9.17, 15) is 14.4 Å². The summed E-state index contributed by atoms with van der Waals surface area (Å²) in [7, 11) is 0. The highest BCUT2D eigenvalue weighted by Gasteiger charge is 2.37. The van der Waals surface area contributed by atoms with Gasteiger partial charge in [0, 0.05) is 17.7 Å². The zero-order chi connectivity index (χ0) is 24.2. The Bertz CT molecular complexity index is 1270. The van der Waals surface area contributed by atoms with Gasteiger partial charge in [0.25, 0.3) is 5.91 Å². The summed E-state index contributed by atoms with van der Waals surface area (Å²) in [6, 6.07) is 21.5. The predicted molar refractivity (Wildman–Crippen MR) is 135 cm³/mol. The molecule has 3 aromatic carbocycles. The van der Waals surface area contributed by atoms with Gasteiger partial charge in [-0.3, -0.25) is 14.4 Å². The number of fused-ring (bicyclic) bond motifs is 3. The second-order valence-electron chi connectivity index (χ2n) is 8.37. The first-order valence-corrected chi connectivity index (χ1v) is 11.2. The highest BCUT2D eigenvalue weighted by molar-refractivity contribution is 6.22. The lowest BCUT2D eigenvalue weighted by atomic mass is 9.92. The number of nitrogens with two attached hydrogens (primary N) is 1. The van der Waals surface area contributed by atoms with E-state index in [1.165, 1.54) is 4.90 Å². The Morgan fingerprint density at radius 2 is 1.74 bits per heavy atom. The summed E-state index contributed by atoms with van der Waals surface area (Å²) in [5.41, 5.74) is 10.5. The number of hydrogen-bond donors (Lipinski definition) is 2. The van der Waals surface area contributed by atoms with Crippen LogP contribution in [0.25, 0.3) is 17.2 Å². The van der Waals surface area contributed by atoms with E-state index in [0.29, 0.717) is 16.9 Å². The van der Waals surface area contributed by atoms with Crippen LogP contribution in [0.5, 0.6) is 0 Å². The van der Waals surface area contributed by atoms with Crippen LogP contribution in [0, 0.1) is 0 Å². The molecule has 4 rings (SSSR count). The van der Waals surface area contributed by atoms with Gasteiger partial charge in [-0.2, -0.15) is 0 Å². The molecule has 0 spiro atoms. The highest BCUT2D eigenvalue weighted by atomic mass is 16.2. The van der Waals surface area contributed by atoms with Crippen LogP contribution in [0.4, 0.5) is 11.4 Å². The third-order valence-corrected chi connectivity index (χ3v) is 5.98. The maximum absolute atomic E-state index is 13.5. The van der Waals surface area contributed by atoms with Gasteiger partial charge in [0.15, 0.2) is 0 Å². The molecule has 0 bridgehead atoms. The zero-order valence-corrected chi connectivity index (χ0v) is 19.2. The molecule has 0 fully saturated rings. The van der Waals surface area contributed by atoms with E-state index in [1.54, 1.807) is 38.1 Å². The number of carbonyl (C=O) groups excluding carboxylic acids is 3. The molecule has 0 aliphatic carbocycles. The van der Waals surface area contributed by atoms with E-state index >= 15 is 0 Å². The van der Waals surface area contributed by atoms with Crippen molar-refractivity contribution < 1.29 is 14.4 Å². The molecule has 34 heavy (non-hydrogen) atoms. The number of nitrogen functional groups attached to an aromatic ring is 1. The van der Waals surface area contributed by atoms with Crippen LogP contribution in [0.15, 0.2) is 78.9 Å². The lowest BCUT2D eigenvalue weighted by Crippen LogP contribution is -2.50. The van der Waals surface area contributed by atoms with E-state index < -0.39 is 17.9 Å². The Kier molecular flexibility index (Phi) is 6.59. The number of nitrogens with zero attached hydrogens (tertiary/aromatic N) is 1. The van der Waals surface area contributed by atoms with Gasteiger partial charge < -0.3 is 11.1 Å². The molecule has 3 amide bonds. The van der Waals surface area contributed by atoms with Gasteiger partial charge in [-0.25, -0.2) is 4.90 Å². The minimum Gasteiger partial charge on any atom is -0.398 e. The average Bonchev–Trinajstić information content (AvgIpc) is 2.93. The molecule has 1 aliphatic heterocycles. The minimum atomic E-state index is -0.899. The lowest BCUT2D eigenvalue weighted by molar-refractivity contribution is -0.130. The summed E-state index contributed by atoms with van der Waals surface area (Å²) in [5, 5.41) is 2.72. The normalized spacial score (nSPS) is 15.9. The Morgan fingerprint density at radius 3 is 2.50 bits per heavy atom. The van der Waals surface area contributed by atoms with Crippen LogP contribution in [0.2, 0.25) is 0 Å². The fourth-order valence-corrected chi connectivity index (χ4v) is 4.23. The maximum Gasteiger partial charge on any atom is 0.256 e. The molecular weight excluding hydrogens is 426 g/mol. The molecular formula is C28H27N3O3. The number of amides is 3. The Labute approximate surface area is 199 Å². The van der Waals surface area contributed by atoms with Gasteiger partial charge in [0.1, 0.15) is 6.04 Å². The van der Waals surface area contributed by atoms with Gasteiger partial charge in [-0.1, -0.05) is 72.8 Å². The smallest absolute Gasteiger partial charge is 0.256 e. The van der Waals surface area contributed by atoms with Gasteiger partial charge in [0.05, 0.1) is 11.6 Å². The number of anilines is 2. The number of nitrogens with one attached hydrogen (secondary N) is 1. The van der Waals surface area contributed by atoms with Crippen LogP contribution < -0.4 is 16.0 Å². The second-order valence-corrected chi connectivity index (χ2v) is 8.37. The molecule has 1 heterocycles. The maximum atomic E-state index is 13.5. The monoisotopic (exact) mass is 453 g/mol. The van der Waals surface area contributed by atoms with E-state index in [-0.39, 0.29) is 18.2 Å². The lowest BCUT2D eigenvalue weighted by Gasteiger charge is -2.26. The highest BCUT2D eigenvalue weighted by Crippen LogP contribution is 2.44. The fourth-order valence-electron chi connectivity index (χ4n) is 4.23. The molecule has 6 nitrogen and oxygen atoms in total. The first kappa shape index (κ1) is 23.0. The van der Waals surface area contributed by atoms with Crippen LogP contribution in [0.3, 0.4) is 0 Å². The zero-order valence-electron chi connectivity index (χ0n) is 19.2. The van der Waals surface area contributed by atoms with Crippen LogP contribution in [-0.4, -0.2) is 23.8 Å². The molecule has 1 unspecified atom stereocenters. The van der Waals surface area contributed by atoms with Gasteiger partial charge >= 0.3 is 0 Å². The van der Waals surface area contributed by atoms with Crippen molar-refractivity contribution in [2.24, 2.45) is 0 Å². The quantitative estimate of drug-likeness (QED) is 0.556. The van der Waals surface area contributed by atoms with Crippen molar-refractivity contribution in [3.63, 3.8) is 0 Å². The Morgan fingerprint density at radius 1 is 1.03 bits per heavy atom. The fraction of sp³-hybridized carbons (Fsp3) is 0.179. The molecule has 0 radical (unpaired) electrons. The van der Waals surface area contributed by atoms with Gasteiger partial charge in [-0.05, 0) is 42.7 Å². The molecule has 2 atom stereocenters. The Balaban J connectivity index is 1.58. The molecule has 0 aromatic heterocycles. The third-order valence-electron chi connectivity index (χ3n) is 5.98. The van der Waals surface area contributed by atoms with Crippen LogP contribution >= 0.6 is 0 Å². The molecule has 0 saturated carbocycles. The number of hydrogen-bond acceptors (Lipinski definition) is 4. The molecule has 6 heteroatoms. The van der Waals surface area contributed by atoms with E-state index in [2.05, 4.69) is 5.32 Å². The number of carbonyl (C=O) groups is 3. The van der Waals surface area contributed by atoms with Crippen LogP contribution in [0.1, 0.15) is 37.3 Å². The summed E-state index contributed by atoms with van der Waals surface area (Å²) < 4.78 is 0. The van der Waals surface area contributed by atoms with E-state index in [4.69, 9.17) is 5.73 Å². The number of rotatable bonds is 5. The minimum absolute atomic E-state index is 0.117. The van der Waals surface area contributed by atoms with Gasteiger partial charge in [0.2, 0.25) is 11.8 Å². The van der Waals surface area contributed by atoms with E-state index in [0.717, 1.165) is 16.7 Å². The molecule has 3 aromatic rings. The summed E-state index contributed by atoms with van der Waals surface area (Å²) >= 11 is 0. The number of benzene rings is 3. The largest absolute Gasteiger partial charge is 0.398 e. The van der Waals surface area contributed by atoms with Crippen molar-refractivity contribution >= 4 is 35.2 Å². The molecule has 1 aliphatic rings. The number of imide groups is 1. The van der Waals surface area contributed by atoms with Crippen molar-refractivity contribution in [3.05, 3.63) is 90.0 Å². The summed E-state index contributed by atoms with van der Waals surface area (Å²) in [4.78, 5) is 40.6.